The second kappa shape index (κ2) is 6.38. The first-order valence-corrected chi connectivity index (χ1v) is 6.43. The predicted octanol–water partition coefficient (Wildman–Crippen LogP) is 3.88. The molecular formula is C14H15ClN2O2. The standard InChI is InChI=1S/C14H15ClN2O2/c1-3-4-12-13(15)16-9-17-14(12)19-11-7-5-10(18-2)6-8-11/h5-9H,3-4H2,1-2H3. The molecule has 100 valence electrons. The lowest BCUT2D eigenvalue weighted by molar-refractivity contribution is 0.411. The van der Waals surface area contributed by atoms with Gasteiger partial charge in [-0.05, 0) is 30.7 Å². The molecular weight excluding hydrogens is 264 g/mol. The second-order valence-electron chi connectivity index (χ2n) is 3.98. The molecule has 0 atom stereocenters. The smallest absolute Gasteiger partial charge is 0.226 e. The molecule has 1 heterocycles. The Bertz CT molecular complexity index is 544. The average Bonchev–Trinajstić information content (AvgIpc) is 2.43. The number of benzene rings is 1. The molecule has 0 N–H and O–H groups in total. The van der Waals surface area contributed by atoms with Crippen molar-refractivity contribution in [2.45, 2.75) is 19.8 Å². The molecule has 4 nitrogen and oxygen atoms in total. The summed E-state index contributed by atoms with van der Waals surface area (Å²) in [5, 5.41) is 0.445. The fourth-order valence-electron chi connectivity index (χ4n) is 1.68. The molecule has 0 unspecified atom stereocenters. The Morgan fingerprint density at radius 3 is 2.42 bits per heavy atom. The first-order valence-electron chi connectivity index (χ1n) is 6.06. The maximum atomic E-state index is 6.07. The molecule has 0 aliphatic heterocycles. The zero-order valence-corrected chi connectivity index (χ0v) is 11.6. The van der Waals surface area contributed by atoms with Crippen LogP contribution in [0.4, 0.5) is 0 Å². The van der Waals surface area contributed by atoms with Crippen LogP contribution in [0.1, 0.15) is 18.9 Å². The van der Waals surface area contributed by atoms with Gasteiger partial charge in [0.2, 0.25) is 5.88 Å². The SMILES string of the molecule is CCCc1c(Cl)ncnc1Oc1ccc(OC)cc1. The maximum absolute atomic E-state index is 6.07. The summed E-state index contributed by atoms with van der Waals surface area (Å²) >= 11 is 6.07. The third-order valence-electron chi connectivity index (χ3n) is 2.63. The minimum absolute atomic E-state index is 0.445. The molecule has 5 heteroatoms. The number of aromatic nitrogens is 2. The maximum Gasteiger partial charge on any atom is 0.226 e. The Balaban J connectivity index is 2.24. The summed E-state index contributed by atoms with van der Waals surface area (Å²) in [6, 6.07) is 7.31. The van der Waals surface area contributed by atoms with Crippen LogP contribution < -0.4 is 9.47 Å². The lowest BCUT2D eigenvalue weighted by Crippen LogP contribution is -1.97. The molecule has 0 radical (unpaired) electrons. The van der Waals surface area contributed by atoms with Gasteiger partial charge in [-0.1, -0.05) is 24.9 Å². The summed E-state index contributed by atoms with van der Waals surface area (Å²) in [6.07, 6.45) is 3.14. The van der Waals surface area contributed by atoms with Crippen LogP contribution in [-0.2, 0) is 6.42 Å². The van der Waals surface area contributed by atoms with Crippen molar-refractivity contribution in [3.8, 4) is 17.4 Å². The van der Waals surface area contributed by atoms with Gasteiger partial charge in [0.15, 0.2) is 0 Å². The topological polar surface area (TPSA) is 44.2 Å². The van der Waals surface area contributed by atoms with Crippen molar-refractivity contribution >= 4 is 11.6 Å². The highest BCUT2D eigenvalue weighted by molar-refractivity contribution is 6.30. The Labute approximate surface area is 117 Å². The van der Waals surface area contributed by atoms with E-state index in [-0.39, 0.29) is 0 Å². The molecule has 0 bridgehead atoms. The van der Waals surface area contributed by atoms with E-state index in [0.717, 1.165) is 24.2 Å². The van der Waals surface area contributed by atoms with Gasteiger partial charge in [0.1, 0.15) is 23.0 Å². The number of halogens is 1. The zero-order chi connectivity index (χ0) is 13.7. The van der Waals surface area contributed by atoms with Crippen LogP contribution in [0.3, 0.4) is 0 Å². The highest BCUT2D eigenvalue weighted by atomic mass is 35.5. The van der Waals surface area contributed by atoms with Crippen molar-refractivity contribution in [1.29, 1.82) is 0 Å². The lowest BCUT2D eigenvalue weighted by atomic mass is 10.2. The molecule has 0 saturated heterocycles. The molecule has 0 fully saturated rings. The quantitative estimate of drug-likeness (QED) is 0.779. The molecule has 0 amide bonds. The van der Waals surface area contributed by atoms with Gasteiger partial charge >= 0.3 is 0 Å². The number of methoxy groups -OCH3 is 1. The van der Waals surface area contributed by atoms with Crippen LogP contribution in [0, 0.1) is 0 Å². The fraction of sp³-hybridized carbons (Fsp3) is 0.286. The monoisotopic (exact) mass is 278 g/mol. The van der Waals surface area contributed by atoms with E-state index in [9.17, 15) is 0 Å². The van der Waals surface area contributed by atoms with Gasteiger partial charge in [-0.3, -0.25) is 0 Å². The molecule has 0 aliphatic rings. The van der Waals surface area contributed by atoms with Crippen molar-refractivity contribution in [1.82, 2.24) is 9.97 Å². The van der Waals surface area contributed by atoms with Gasteiger partial charge in [-0.2, -0.15) is 0 Å². The van der Waals surface area contributed by atoms with Crippen molar-refractivity contribution in [3.63, 3.8) is 0 Å². The molecule has 0 aliphatic carbocycles. The van der Waals surface area contributed by atoms with Gasteiger partial charge in [0.05, 0.1) is 12.7 Å². The number of nitrogens with zero attached hydrogens (tertiary/aromatic N) is 2. The zero-order valence-electron chi connectivity index (χ0n) is 10.9. The molecule has 1 aromatic heterocycles. The van der Waals surface area contributed by atoms with Gasteiger partial charge in [0.25, 0.3) is 0 Å². The van der Waals surface area contributed by atoms with Crippen molar-refractivity contribution in [2.24, 2.45) is 0 Å². The van der Waals surface area contributed by atoms with Crippen LogP contribution in [0.15, 0.2) is 30.6 Å². The summed E-state index contributed by atoms with van der Waals surface area (Å²) in [7, 11) is 1.62. The first-order chi connectivity index (χ1) is 9.24. The highest BCUT2D eigenvalue weighted by Crippen LogP contribution is 2.28. The summed E-state index contributed by atoms with van der Waals surface area (Å²) in [5.74, 6) is 1.97. The Hall–Kier alpha value is -1.81. The third-order valence-corrected chi connectivity index (χ3v) is 2.95. The van der Waals surface area contributed by atoms with E-state index < -0.39 is 0 Å². The van der Waals surface area contributed by atoms with Gasteiger partial charge in [-0.25, -0.2) is 9.97 Å². The van der Waals surface area contributed by atoms with Gasteiger partial charge < -0.3 is 9.47 Å². The second-order valence-corrected chi connectivity index (χ2v) is 4.33. The van der Waals surface area contributed by atoms with E-state index in [1.165, 1.54) is 6.33 Å². The number of hydrogen-bond acceptors (Lipinski definition) is 4. The van der Waals surface area contributed by atoms with Crippen molar-refractivity contribution in [2.75, 3.05) is 7.11 Å². The summed E-state index contributed by atoms with van der Waals surface area (Å²) in [5.41, 5.74) is 0.836. The van der Waals surface area contributed by atoms with E-state index in [4.69, 9.17) is 21.1 Å². The van der Waals surface area contributed by atoms with Gasteiger partial charge in [0, 0.05) is 0 Å². The van der Waals surface area contributed by atoms with Crippen LogP contribution in [-0.4, -0.2) is 17.1 Å². The number of ether oxygens (including phenoxy) is 2. The number of rotatable bonds is 5. The summed E-state index contributed by atoms with van der Waals surface area (Å²) in [4.78, 5) is 8.13. The van der Waals surface area contributed by atoms with Crippen LogP contribution in [0.25, 0.3) is 0 Å². The first kappa shape index (κ1) is 13.6. The molecule has 2 rings (SSSR count). The molecule has 0 saturated carbocycles. The highest BCUT2D eigenvalue weighted by Gasteiger charge is 2.11. The lowest BCUT2D eigenvalue weighted by Gasteiger charge is -2.10. The third kappa shape index (κ3) is 3.35. The average molecular weight is 279 g/mol. The van der Waals surface area contributed by atoms with E-state index >= 15 is 0 Å². The van der Waals surface area contributed by atoms with Crippen molar-refractivity contribution in [3.05, 3.63) is 41.3 Å². The van der Waals surface area contributed by atoms with E-state index in [1.54, 1.807) is 7.11 Å². The molecule has 19 heavy (non-hydrogen) atoms. The molecule has 1 aromatic carbocycles. The Morgan fingerprint density at radius 2 is 1.79 bits per heavy atom. The van der Waals surface area contributed by atoms with Gasteiger partial charge in [-0.15, -0.1) is 0 Å². The molecule has 0 spiro atoms. The van der Waals surface area contributed by atoms with Crippen LogP contribution in [0.2, 0.25) is 5.15 Å². The summed E-state index contributed by atoms with van der Waals surface area (Å²) in [6.45, 7) is 2.07. The van der Waals surface area contributed by atoms with Crippen molar-refractivity contribution < 1.29 is 9.47 Å². The van der Waals surface area contributed by atoms with E-state index in [1.807, 2.05) is 24.3 Å². The van der Waals surface area contributed by atoms with Crippen LogP contribution in [0.5, 0.6) is 17.4 Å². The Kier molecular flexibility index (Phi) is 4.58. The fourth-order valence-corrected chi connectivity index (χ4v) is 1.90. The van der Waals surface area contributed by atoms with E-state index in [0.29, 0.717) is 16.8 Å². The van der Waals surface area contributed by atoms with Crippen LogP contribution >= 0.6 is 11.6 Å². The Morgan fingerprint density at radius 1 is 1.11 bits per heavy atom. The largest absolute Gasteiger partial charge is 0.497 e. The minimum atomic E-state index is 0.445. The summed E-state index contributed by atoms with van der Waals surface area (Å²) < 4.78 is 10.8. The predicted molar refractivity (Wildman–Crippen MR) is 74.1 cm³/mol. The van der Waals surface area contributed by atoms with E-state index in [2.05, 4.69) is 16.9 Å². The normalized spacial score (nSPS) is 10.3. The minimum Gasteiger partial charge on any atom is -0.497 e. The molecule has 2 aromatic rings. The number of hydrogen-bond donors (Lipinski definition) is 0.